The molecule has 0 amide bonds. The van der Waals surface area contributed by atoms with Crippen LogP contribution in [0.2, 0.25) is 0 Å². The molecule has 2 aromatic carbocycles. The molecule has 2 atom stereocenters. The maximum atomic E-state index is 12.1. The predicted octanol–water partition coefficient (Wildman–Crippen LogP) is 3.77. The molecule has 1 aliphatic heterocycles. The molecule has 1 aliphatic rings. The highest BCUT2D eigenvalue weighted by atomic mass is 16.5. The Labute approximate surface area is 157 Å². The monoisotopic (exact) mass is 365 g/mol. The molecule has 0 saturated carbocycles. The Morgan fingerprint density at radius 1 is 1.07 bits per heavy atom. The Hall–Kier alpha value is -2.63. The number of phenols is 1. The Morgan fingerprint density at radius 2 is 1.78 bits per heavy atom. The van der Waals surface area contributed by atoms with Crippen LogP contribution in [0.25, 0.3) is 22.1 Å². The molecule has 140 valence electrons. The molecule has 1 N–H and O–H groups in total. The number of nitrogens with zero attached hydrogens (tertiary/aromatic N) is 1. The molecular formula is C22H23NO4. The van der Waals surface area contributed by atoms with E-state index in [2.05, 4.69) is 18.7 Å². The minimum absolute atomic E-state index is 0.151. The van der Waals surface area contributed by atoms with E-state index in [1.165, 1.54) is 6.07 Å². The van der Waals surface area contributed by atoms with Crippen molar-refractivity contribution >= 4 is 11.0 Å². The summed E-state index contributed by atoms with van der Waals surface area (Å²) in [4.78, 5) is 14.4. The first-order valence-corrected chi connectivity index (χ1v) is 9.22. The maximum absolute atomic E-state index is 12.1. The number of phenolic OH excluding ortho intramolecular Hbond substituents is 1. The van der Waals surface area contributed by atoms with E-state index in [0.717, 1.165) is 29.6 Å². The zero-order chi connectivity index (χ0) is 19.0. The van der Waals surface area contributed by atoms with Crippen molar-refractivity contribution in [2.24, 2.45) is 0 Å². The molecule has 0 aliphatic carbocycles. The van der Waals surface area contributed by atoms with Gasteiger partial charge in [-0.3, -0.25) is 4.90 Å². The summed E-state index contributed by atoms with van der Waals surface area (Å²) in [6, 6.07) is 14.5. The Kier molecular flexibility index (Phi) is 4.72. The SMILES string of the molecule is C[C@H]1CN(Cc2cc(=O)oc3cc(-c4ccccc4)c(O)cc23)C[C@H](C)O1. The van der Waals surface area contributed by atoms with E-state index in [4.69, 9.17) is 9.15 Å². The third-order valence-corrected chi connectivity index (χ3v) is 4.92. The molecule has 1 fully saturated rings. The summed E-state index contributed by atoms with van der Waals surface area (Å²) in [5.74, 6) is 0.174. The van der Waals surface area contributed by atoms with Crippen molar-refractivity contribution in [2.75, 3.05) is 13.1 Å². The van der Waals surface area contributed by atoms with E-state index < -0.39 is 0 Å². The van der Waals surface area contributed by atoms with Gasteiger partial charge in [0.15, 0.2) is 0 Å². The van der Waals surface area contributed by atoms with Crippen molar-refractivity contribution < 1.29 is 14.3 Å². The van der Waals surface area contributed by atoms with Crippen molar-refractivity contribution in [3.63, 3.8) is 0 Å². The molecule has 1 aromatic heterocycles. The van der Waals surface area contributed by atoms with Gasteiger partial charge < -0.3 is 14.3 Å². The van der Waals surface area contributed by atoms with Gasteiger partial charge in [0.05, 0.1) is 12.2 Å². The van der Waals surface area contributed by atoms with Gasteiger partial charge in [-0.15, -0.1) is 0 Å². The summed E-state index contributed by atoms with van der Waals surface area (Å²) in [6.07, 6.45) is 0.302. The van der Waals surface area contributed by atoms with Gasteiger partial charge in [-0.1, -0.05) is 30.3 Å². The summed E-state index contributed by atoms with van der Waals surface area (Å²) in [7, 11) is 0. The largest absolute Gasteiger partial charge is 0.507 e. The first kappa shape index (κ1) is 17.8. The van der Waals surface area contributed by atoms with E-state index in [0.29, 0.717) is 17.7 Å². The average molecular weight is 365 g/mol. The van der Waals surface area contributed by atoms with Crippen LogP contribution in [0.1, 0.15) is 19.4 Å². The summed E-state index contributed by atoms with van der Waals surface area (Å²) in [5, 5.41) is 11.4. The maximum Gasteiger partial charge on any atom is 0.336 e. The molecule has 0 radical (unpaired) electrons. The fourth-order valence-electron chi connectivity index (χ4n) is 3.90. The number of ether oxygens (including phenoxy) is 1. The molecule has 4 rings (SSSR count). The van der Waals surface area contributed by atoms with Crippen LogP contribution in [0.3, 0.4) is 0 Å². The topological polar surface area (TPSA) is 62.9 Å². The number of aromatic hydroxyl groups is 1. The van der Waals surface area contributed by atoms with Crippen LogP contribution >= 0.6 is 0 Å². The van der Waals surface area contributed by atoms with Crippen LogP contribution < -0.4 is 5.63 Å². The second-order valence-electron chi connectivity index (χ2n) is 7.27. The molecule has 3 aromatic rings. The van der Waals surface area contributed by atoms with Crippen molar-refractivity contribution in [1.82, 2.24) is 4.90 Å². The highest BCUT2D eigenvalue weighted by Gasteiger charge is 2.23. The first-order chi connectivity index (χ1) is 13.0. The molecule has 0 unspecified atom stereocenters. The van der Waals surface area contributed by atoms with Gasteiger partial charge in [0, 0.05) is 36.7 Å². The lowest BCUT2D eigenvalue weighted by atomic mass is 10.0. The molecule has 1 saturated heterocycles. The number of morpholine rings is 1. The molecule has 2 heterocycles. The lowest BCUT2D eigenvalue weighted by Gasteiger charge is -2.35. The highest BCUT2D eigenvalue weighted by molar-refractivity contribution is 5.88. The van der Waals surface area contributed by atoms with Gasteiger partial charge in [-0.05, 0) is 37.1 Å². The molecule has 5 heteroatoms. The van der Waals surface area contributed by atoms with Gasteiger partial charge in [0.2, 0.25) is 0 Å². The van der Waals surface area contributed by atoms with Crippen LogP contribution in [-0.2, 0) is 11.3 Å². The van der Waals surface area contributed by atoms with E-state index in [9.17, 15) is 9.90 Å². The zero-order valence-electron chi connectivity index (χ0n) is 15.5. The Balaban J connectivity index is 1.76. The Morgan fingerprint density at radius 3 is 2.48 bits per heavy atom. The lowest BCUT2D eigenvalue weighted by molar-refractivity contribution is -0.0704. The predicted molar refractivity (Wildman–Crippen MR) is 105 cm³/mol. The average Bonchev–Trinajstić information content (AvgIpc) is 2.62. The standard InChI is InChI=1S/C22H23NO4/c1-14-11-23(12-15(2)26-14)13-17-8-22(25)27-21-10-18(20(24)9-19(17)21)16-6-4-3-5-7-16/h3-10,14-15,24H,11-13H2,1-2H3/t14-,15-/m0/s1. The smallest absolute Gasteiger partial charge is 0.336 e. The quantitative estimate of drug-likeness (QED) is 0.716. The fourth-order valence-corrected chi connectivity index (χ4v) is 3.90. The van der Waals surface area contributed by atoms with Crippen LogP contribution in [0, 0.1) is 0 Å². The molecule has 27 heavy (non-hydrogen) atoms. The molecule has 0 bridgehead atoms. The van der Waals surface area contributed by atoms with Crippen molar-refractivity contribution in [3.8, 4) is 16.9 Å². The van der Waals surface area contributed by atoms with E-state index in [1.807, 2.05) is 30.3 Å². The second kappa shape index (κ2) is 7.18. The van der Waals surface area contributed by atoms with E-state index >= 15 is 0 Å². The third-order valence-electron chi connectivity index (χ3n) is 4.92. The van der Waals surface area contributed by atoms with Crippen LogP contribution in [-0.4, -0.2) is 35.3 Å². The number of rotatable bonds is 3. The van der Waals surface area contributed by atoms with Crippen molar-refractivity contribution in [1.29, 1.82) is 0 Å². The summed E-state index contributed by atoms with van der Waals surface area (Å²) >= 11 is 0. The van der Waals surface area contributed by atoms with Gasteiger partial charge >= 0.3 is 5.63 Å². The minimum atomic E-state index is -0.378. The first-order valence-electron chi connectivity index (χ1n) is 9.22. The fraction of sp³-hybridized carbons (Fsp3) is 0.318. The minimum Gasteiger partial charge on any atom is -0.507 e. The normalized spacial score (nSPS) is 20.8. The van der Waals surface area contributed by atoms with Crippen LogP contribution in [0.15, 0.2) is 57.7 Å². The lowest BCUT2D eigenvalue weighted by Crippen LogP contribution is -2.44. The van der Waals surface area contributed by atoms with Crippen molar-refractivity contribution in [3.05, 3.63) is 64.5 Å². The number of hydrogen-bond acceptors (Lipinski definition) is 5. The third kappa shape index (κ3) is 3.75. The number of fused-ring (bicyclic) bond motifs is 1. The summed E-state index contributed by atoms with van der Waals surface area (Å²) in [5.41, 5.74) is 2.50. The number of benzene rings is 2. The molecular weight excluding hydrogens is 342 g/mol. The van der Waals surface area contributed by atoms with E-state index in [1.54, 1.807) is 12.1 Å². The zero-order valence-corrected chi connectivity index (χ0v) is 15.5. The summed E-state index contributed by atoms with van der Waals surface area (Å²) < 4.78 is 11.2. The highest BCUT2D eigenvalue weighted by Crippen LogP contribution is 2.34. The van der Waals surface area contributed by atoms with Gasteiger partial charge in [0.25, 0.3) is 0 Å². The number of hydrogen-bond donors (Lipinski definition) is 1. The van der Waals surface area contributed by atoms with Gasteiger partial charge in [-0.2, -0.15) is 0 Å². The van der Waals surface area contributed by atoms with Crippen molar-refractivity contribution in [2.45, 2.75) is 32.6 Å². The van der Waals surface area contributed by atoms with Gasteiger partial charge in [0.1, 0.15) is 11.3 Å². The van der Waals surface area contributed by atoms with Crippen LogP contribution in [0.5, 0.6) is 5.75 Å². The van der Waals surface area contributed by atoms with Gasteiger partial charge in [-0.25, -0.2) is 4.79 Å². The Bertz CT molecular complexity index is 1000. The van der Waals surface area contributed by atoms with Crippen LogP contribution in [0.4, 0.5) is 0 Å². The summed E-state index contributed by atoms with van der Waals surface area (Å²) in [6.45, 7) is 6.33. The second-order valence-corrected chi connectivity index (χ2v) is 7.27. The molecule has 0 spiro atoms. The molecule has 5 nitrogen and oxygen atoms in total. The van der Waals surface area contributed by atoms with E-state index in [-0.39, 0.29) is 23.6 Å².